The molecule has 26 heavy (non-hydrogen) atoms. The molecule has 0 aliphatic carbocycles. The van der Waals surface area contributed by atoms with E-state index in [4.69, 9.17) is 11.6 Å². The van der Waals surface area contributed by atoms with Crippen molar-refractivity contribution >= 4 is 27.3 Å². The highest BCUT2D eigenvalue weighted by Gasteiger charge is 2.18. The van der Waals surface area contributed by atoms with Gasteiger partial charge < -0.3 is 4.90 Å². The molecule has 0 fully saturated rings. The Morgan fingerprint density at radius 2 is 2.00 bits per heavy atom. The van der Waals surface area contributed by atoms with Gasteiger partial charge >= 0.3 is 0 Å². The molecule has 0 atom stereocenters. The summed E-state index contributed by atoms with van der Waals surface area (Å²) in [6, 6.07) is 13.0. The number of nitrogens with one attached hydrogen (secondary N) is 1. The Morgan fingerprint density at radius 1 is 1.19 bits per heavy atom. The van der Waals surface area contributed by atoms with Crippen molar-refractivity contribution in [3.63, 3.8) is 0 Å². The van der Waals surface area contributed by atoms with Crippen LogP contribution in [0.4, 0.5) is 5.69 Å². The van der Waals surface area contributed by atoms with Crippen LogP contribution in [0.1, 0.15) is 30.9 Å². The highest BCUT2D eigenvalue weighted by molar-refractivity contribution is 7.89. The lowest BCUT2D eigenvalue weighted by atomic mass is 9.98. The van der Waals surface area contributed by atoms with Gasteiger partial charge in [0.15, 0.2) is 0 Å². The molecule has 0 saturated carbocycles. The number of rotatable bonds is 7. The van der Waals surface area contributed by atoms with Crippen molar-refractivity contribution in [1.29, 1.82) is 0 Å². The second-order valence-corrected chi connectivity index (χ2v) is 8.77. The molecule has 0 bridgehead atoms. The quantitative estimate of drug-likeness (QED) is 0.774. The molecule has 0 aromatic heterocycles. The summed E-state index contributed by atoms with van der Waals surface area (Å²) < 4.78 is 27.4. The van der Waals surface area contributed by atoms with E-state index in [0.717, 1.165) is 31.5 Å². The van der Waals surface area contributed by atoms with Crippen LogP contribution in [0.2, 0.25) is 5.02 Å². The predicted octanol–water partition coefficient (Wildman–Crippen LogP) is 4.02. The van der Waals surface area contributed by atoms with E-state index in [9.17, 15) is 8.42 Å². The highest BCUT2D eigenvalue weighted by Crippen LogP contribution is 2.28. The number of benzene rings is 2. The van der Waals surface area contributed by atoms with E-state index >= 15 is 0 Å². The van der Waals surface area contributed by atoms with Gasteiger partial charge in [-0.15, -0.1) is 0 Å². The zero-order valence-electron chi connectivity index (χ0n) is 15.0. The molecule has 0 spiro atoms. The van der Waals surface area contributed by atoms with Gasteiger partial charge in [0.1, 0.15) is 4.90 Å². The molecule has 1 heterocycles. The Hall–Kier alpha value is -1.56. The molecule has 1 aliphatic heterocycles. The fraction of sp³-hybridized carbons (Fsp3) is 0.400. The van der Waals surface area contributed by atoms with Crippen LogP contribution < -0.4 is 9.62 Å². The monoisotopic (exact) mass is 392 g/mol. The number of anilines is 1. The summed E-state index contributed by atoms with van der Waals surface area (Å²) in [6.07, 6.45) is 4.07. The Morgan fingerprint density at radius 3 is 2.77 bits per heavy atom. The molecule has 140 valence electrons. The first-order chi connectivity index (χ1) is 12.5. The van der Waals surface area contributed by atoms with E-state index in [1.165, 1.54) is 23.7 Å². The van der Waals surface area contributed by atoms with Gasteiger partial charge in [0, 0.05) is 25.3 Å². The van der Waals surface area contributed by atoms with Crippen LogP contribution in [0.25, 0.3) is 0 Å². The van der Waals surface area contributed by atoms with E-state index < -0.39 is 10.0 Å². The minimum atomic E-state index is -3.58. The van der Waals surface area contributed by atoms with Crippen molar-refractivity contribution in [2.75, 3.05) is 24.5 Å². The molecule has 2 aromatic carbocycles. The summed E-state index contributed by atoms with van der Waals surface area (Å²) in [6.45, 7) is 4.76. The first-order valence-corrected chi connectivity index (χ1v) is 11.0. The van der Waals surface area contributed by atoms with Gasteiger partial charge in [-0.1, -0.05) is 42.8 Å². The number of fused-ring (bicyclic) bond motifs is 1. The number of hydrogen-bond acceptors (Lipinski definition) is 3. The molecule has 6 heteroatoms. The molecule has 1 N–H and O–H groups in total. The first-order valence-electron chi connectivity index (χ1n) is 9.12. The molecule has 4 nitrogen and oxygen atoms in total. The Labute approximate surface area is 161 Å². The molecule has 0 unspecified atom stereocenters. The fourth-order valence-corrected chi connectivity index (χ4v) is 5.01. The number of halogens is 1. The Bertz CT molecular complexity index is 868. The van der Waals surface area contributed by atoms with Crippen LogP contribution >= 0.6 is 11.6 Å². The fourth-order valence-electron chi connectivity index (χ4n) is 3.46. The summed E-state index contributed by atoms with van der Waals surface area (Å²) in [5.41, 5.74) is 3.86. The number of sulfonamides is 1. The summed E-state index contributed by atoms with van der Waals surface area (Å²) in [5.74, 6) is 0. The van der Waals surface area contributed by atoms with Crippen LogP contribution in [-0.2, 0) is 22.9 Å². The minimum Gasteiger partial charge on any atom is -0.371 e. The normalized spacial score (nSPS) is 14.3. The molecular weight excluding hydrogens is 368 g/mol. The average molecular weight is 393 g/mol. The second kappa shape index (κ2) is 8.42. The van der Waals surface area contributed by atoms with Crippen LogP contribution in [0.15, 0.2) is 47.4 Å². The summed E-state index contributed by atoms with van der Waals surface area (Å²) in [7, 11) is -3.58. The van der Waals surface area contributed by atoms with Crippen molar-refractivity contribution < 1.29 is 8.42 Å². The second-order valence-electron chi connectivity index (χ2n) is 6.63. The smallest absolute Gasteiger partial charge is 0.242 e. The van der Waals surface area contributed by atoms with Gasteiger partial charge in [0.05, 0.1) is 5.02 Å². The van der Waals surface area contributed by atoms with Gasteiger partial charge in [-0.05, 0) is 55.0 Å². The van der Waals surface area contributed by atoms with Crippen LogP contribution in [-0.4, -0.2) is 28.1 Å². The molecule has 0 amide bonds. The molecule has 0 radical (unpaired) electrons. The number of aryl methyl sites for hydroxylation is 1. The standard InChI is InChI=1S/C20H25ClN2O2S/c1-2-13-23-14-5-6-17-15-16(9-10-19(17)23)11-12-22-26(24,25)20-8-4-3-7-18(20)21/h3-4,7-10,15,22H,2,5-6,11-14H2,1H3. The van der Waals surface area contributed by atoms with Gasteiger partial charge in [0.25, 0.3) is 0 Å². The van der Waals surface area contributed by atoms with Crippen molar-refractivity contribution in [2.45, 2.75) is 37.5 Å². The minimum absolute atomic E-state index is 0.127. The lowest BCUT2D eigenvalue weighted by molar-refractivity contribution is 0.581. The van der Waals surface area contributed by atoms with Crippen LogP contribution in [0.5, 0.6) is 0 Å². The van der Waals surface area contributed by atoms with Gasteiger partial charge in [-0.3, -0.25) is 0 Å². The van der Waals surface area contributed by atoms with Crippen molar-refractivity contribution in [3.8, 4) is 0 Å². The molecule has 2 aromatic rings. The topological polar surface area (TPSA) is 49.4 Å². The van der Waals surface area contributed by atoms with Crippen molar-refractivity contribution in [2.24, 2.45) is 0 Å². The SMILES string of the molecule is CCCN1CCCc2cc(CCNS(=O)(=O)c3ccccc3Cl)ccc21. The number of hydrogen-bond donors (Lipinski definition) is 1. The van der Waals surface area contributed by atoms with E-state index in [1.807, 2.05) is 0 Å². The molecular formula is C20H25ClN2O2S. The van der Waals surface area contributed by atoms with E-state index in [1.54, 1.807) is 18.2 Å². The van der Waals surface area contributed by atoms with E-state index in [2.05, 4.69) is 34.7 Å². The van der Waals surface area contributed by atoms with Crippen molar-refractivity contribution in [1.82, 2.24) is 4.72 Å². The maximum absolute atomic E-state index is 12.4. The van der Waals surface area contributed by atoms with E-state index in [-0.39, 0.29) is 9.92 Å². The Kier molecular flexibility index (Phi) is 6.22. The average Bonchev–Trinajstić information content (AvgIpc) is 2.62. The molecule has 3 rings (SSSR count). The highest BCUT2D eigenvalue weighted by atomic mass is 35.5. The lowest BCUT2D eigenvalue weighted by Gasteiger charge is -2.31. The van der Waals surface area contributed by atoms with Gasteiger partial charge in [-0.2, -0.15) is 0 Å². The van der Waals surface area contributed by atoms with Gasteiger partial charge in [-0.25, -0.2) is 13.1 Å². The third-order valence-electron chi connectivity index (χ3n) is 4.68. The largest absolute Gasteiger partial charge is 0.371 e. The zero-order valence-corrected chi connectivity index (χ0v) is 16.6. The van der Waals surface area contributed by atoms with E-state index in [0.29, 0.717) is 13.0 Å². The number of nitrogens with zero attached hydrogens (tertiary/aromatic N) is 1. The summed E-state index contributed by atoms with van der Waals surface area (Å²) >= 11 is 6.00. The van der Waals surface area contributed by atoms with Crippen molar-refractivity contribution in [3.05, 3.63) is 58.6 Å². The maximum Gasteiger partial charge on any atom is 0.242 e. The lowest BCUT2D eigenvalue weighted by Crippen LogP contribution is -2.30. The predicted molar refractivity (Wildman–Crippen MR) is 108 cm³/mol. The third kappa shape index (κ3) is 4.40. The summed E-state index contributed by atoms with van der Waals surface area (Å²) in [4.78, 5) is 2.57. The first kappa shape index (κ1) is 19.2. The molecule has 1 aliphatic rings. The van der Waals surface area contributed by atoms with Crippen LogP contribution in [0.3, 0.4) is 0 Å². The van der Waals surface area contributed by atoms with Gasteiger partial charge in [0.2, 0.25) is 10.0 Å². The third-order valence-corrected chi connectivity index (χ3v) is 6.65. The molecule has 0 saturated heterocycles. The summed E-state index contributed by atoms with van der Waals surface area (Å²) in [5, 5.41) is 0.241. The zero-order chi connectivity index (χ0) is 18.6. The maximum atomic E-state index is 12.4. The Balaban J connectivity index is 1.65. The van der Waals surface area contributed by atoms with Crippen LogP contribution in [0, 0.1) is 0 Å².